The average Bonchev–Trinajstić information content (AvgIpc) is 3.23. The van der Waals surface area contributed by atoms with Gasteiger partial charge in [-0.15, -0.1) is 5.10 Å². The molecule has 1 aliphatic heterocycles. The van der Waals surface area contributed by atoms with E-state index in [0.29, 0.717) is 44.5 Å². The molecule has 2 aromatic heterocycles. The zero-order valence-corrected chi connectivity index (χ0v) is 20.6. The second kappa shape index (κ2) is 9.27. The number of aliphatic hydroxyl groups is 1. The molecule has 0 bridgehead atoms. The van der Waals surface area contributed by atoms with Gasteiger partial charge in [-0.3, -0.25) is 9.78 Å². The molecule has 5 rings (SSSR count). The van der Waals surface area contributed by atoms with E-state index in [-0.39, 0.29) is 5.91 Å². The fourth-order valence-electron chi connectivity index (χ4n) is 4.60. The van der Waals surface area contributed by atoms with Crippen LogP contribution in [0.15, 0.2) is 65.4 Å². The zero-order valence-electron chi connectivity index (χ0n) is 19.0. The van der Waals surface area contributed by atoms with Crippen molar-refractivity contribution in [3.05, 3.63) is 82.2 Å². The minimum Gasteiger partial charge on any atom is -0.383 e. The van der Waals surface area contributed by atoms with Gasteiger partial charge in [0.05, 0.1) is 23.8 Å². The first kappa shape index (κ1) is 22.7. The van der Waals surface area contributed by atoms with Crippen LogP contribution in [-0.4, -0.2) is 49.0 Å². The van der Waals surface area contributed by atoms with Crippen LogP contribution in [0, 0.1) is 6.92 Å². The summed E-state index contributed by atoms with van der Waals surface area (Å²) in [7, 11) is 0. The van der Waals surface area contributed by atoms with Gasteiger partial charge in [-0.25, -0.2) is 4.68 Å². The molecule has 34 heavy (non-hydrogen) atoms. The van der Waals surface area contributed by atoms with Crippen LogP contribution in [0.1, 0.15) is 36.1 Å². The molecule has 1 fully saturated rings. The molecular formula is C26H26BrN5O2. The molecule has 8 heteroatoms. The number of aryl methyl sites for hydroxylation is 1. The molecule has 4 aromatic rings. The van der Waals surface area contributed by atoms with Crippen molar-refractivity contribution in [2.75, 3.05) is 13.1 Å². The van der Waals surface area contributed by atoms with Gasteiger partial charge in [-0.2, -0.15) is 0 Å². The Morgan fingerprint density at radius 2 is 2.00 bits per heavy atom. The Morgan fingerprint density at radius 3 is 2.85 bits per heavy atom. The number of rotatable bonds is 4. The maximum Gasteiger partial charge on any atom is 0.227 e. The number of fused-ring (bicyclic) bond motifs is 1. The number of amides is 1. The molecule has 0 spiro atoms. The lowest BCUT2D eigenvalue weighted by molar-refractivity contribution is -0.130. The number of benzene rings is 2. The fraction of sp³-hybridized carbons (Fsp3) is 0.308. The highest BCUT2D eigenvalue weighted by atomic mass is 79.9. The van der Waals surface area contributed by atoms with Gasteiger partial charge in [0, 0.05) is 29.1 Å². The predicted octanol–water partition coefficient (Wildman–Crippen LogP) is 4.33. The first-order chi connectivity index (χ1) is 16.4. The number of carbonyl (C=O) groups is 1. The van der Waals surface area contributed by atoms with Gasteiger partial charge in [0.1, 0.15) is 11.3 Å². The third kappa shape index (κ3) is 4.60. The molecule has 0 saturated carbocycles. The number of aromatic nitrogens is 4. The number of carbonyl (C=O) groups excluding carboxylic acids is 1. The highest BCUT2D eigenvalue weighted by Crippen LogP contribution is 2.32. The highest BCUT2D eigenvalue weighted by Gasteiger charge is 2.36. The summed E-state index contributed by atoms with van der Waals surface area (Å²) in [6, 6.07) is 15.9. The molecule has 0 aliphatic carbocycles. The predicted molar refractivity (Wildman–Crippen MR) is 134 cm³/mol. The standard InChI is InChI=1S/C26H26BrN5O2/c1-18-13-21(27)7-8-23(18)32-17-24(29-30-32)26(34)9-4-11-31(12-10-26)25(33)15-19-14-20-5-2-3-6-22(20)28-16-19/h2-3,5-8,13-14,16-17,34H,4,9-12,15H2,1H3. The van der Waals surface area contributed by atoms with Crippen molar-refractivity contribution >= 4 is 32.7 Å². The number of hydrogen-bond acceptors (Lipinski definition) is 5. The smallest absolute Gasteiger partial charge is 0.227 e. The first-order valence-corrected chi connectivity index (χ1v) is 12.2. The summed E-state index contributed by atoms with van der Waals surface area (Å²) in [6.07, 6.45) is 5.53. The molecule has 1 N–H and O–H groups in total. The molecule has 1 atom stereocenters. The van der Waals surface area contributed by atoms with Crippen molar-refractivity contribution in [3.8, 4) is 5.69 Å². The van der Waals surface area contributed by atoms with E-state index in [0.717, 1.165) is 32.2 Å². The van der Waals surface area contributed by atoms with Crippen molar-refractivity contribution in [1.82, 2.24) is 24.9 Å². The van der Waals surface area contributed by atoms with Gasteiger partial charge in [0.15, 0.2) is 0 Å². The van der Waals surface area contributed by atoms with Crippen molar-refractivity contribution in [2.45, 2.75) is 38.2 Å². The van der Waals surface area contributed by atoms with Crippen LogP contribution in [0.25, 0.3) is 16.6 Å². The van der Waals surface area contributed by atoms with Gasteiger partial charge in [-0.1, -0.05) is 39.3 Å². The monoisotopic (exact) mass is 519 g/mol. The quantitative estimate of drug-likeness (QED) is 0.433. The second-order valence-corrected chi connectivity index (χ2v) is 9.87. The SMILES string of the molecule is Cc1cc(Br)ccc1-n1cc(C2(O)CCCN(C(=O)Cc3cnc4ccccc4c3)CC2)nn1. The van der Waals surface area contributed by atoms with Crippen molar-refractivity contribution in [2.24, 2.45) is 0 Å². The van der Waals surface area contributed by atoms with Crippen LogP contribution >= 0.6 is 15.9 Å². The topological polar surface area (TPSA) is 84.1 Å². The minimum atomic E-state index is -1.11. The largest absolute Gasteiger partial charge is 0.383 e. The summed E-state index contributed by atoms with van der Waals surface area (Å²) in [4.78, 5) is 19.4. The molecule has 3 heterocycles. The van der Waals surface area contributed by atoms with Gasteiger partial charge in [0.2, 0.25) is 5.91 Å². The Hall–Kier alpha value is -3.10. The lowest BCUT2D eigenvalue weighted by Gasteiger charge is -2.24. The number of likely N-dealkylation sites (tertiary alicyclic amines) is 1. The third-order valence-corrected chi connectivity index (χ3v) is 7.04. The maximum absolute atomic E-state index is 13.0. The maximum atomic E-state index is 13.0. The number of nitrogens with zero attached hydrogens (tertiary/aromatic N) is 5. The van der Waals surface area contributed by atoms with E-state index in [1.165, 1.54) is 0 Å². The van der Waals surface area contributed by atoms with Crippen LogP contribution in [0.3, 0.4) is 0 Å². The van der Waals surface area contributed by atoms with Crippen molar-refractivity contribution in [3.63, 3.8) is 0 Å². The Bertz CT molecular complexity index is 1350. The number of pyridine rings is 1. The Morgan fingerprint density at radius 1 is 1.15 bits per heavy atom. The van der Waals surface area contributed by atoms with Crippen LogP contribution in [0.4, 0.5) is 0 Å². The van der Waals surface area contributed by atoms with E-state index in [1.807, 2.05) is 60.4 Å². The first-order valence-electron chi connectivity index (χ1n) is 11.4. The van der Waals surface area contributed by atoms with E-state index < -0.39 is 5.60 Å². The van der Waals surface area contributed by atoms with Gasteiger partial charge < -0.3 is 10.0 Å². The molecule has 1 aliphatic rings. The van der Waals surface area contributed by atoms with E-state index in [9.17, 15) is 9.90 Å². The van der Waals surface area contributed by atoms with Crippen molar-refractivity contribution < 1.29 is 9.90 Å². The summed E-state index contributed by atoms with van der Waals surface area (Å²) >= 11 is 3.48. The zero-order chi connectivity index (χ0) is 23.7. The molecule has 174 valence electrons. The van der Waals surface area contributed by atoms with Crippen LogP contribution < -0.4 is 0 Å². The summed E-state index contributed by atoms with van der Waals surface area (Å²) in [6.45, 7) is 3.10. The highest BCUT2D eigenvalue weighted by molar-refractivity contribution is 9.10. The summed E-state index contributed by atoms with van der Waals surface area (Å²) in [5, 5.41) is 21.0. The molecule has 2 aromatic carbocycles. The number of halogens is 1. The van der Waals surface area contributed by atoms with E-state index in [2.05, 4.69) is 31.2 Å². The molecule has 1 unspecified atom stereocenters. The van der Waals surface area contributed by atoms with Gasteiger partial charge in [-0.05, 0) is 67.6 Å². The van der Waals surface area contributed by atoms with E-state index in [4.69, 9.17) is 0 Å². The fourth-order valence-corrected chi connectivity index (χ4v) is 5.07. The third-order valence-electron chi connectivity index (χ3n) is 6.54. The number of para-hydroxylation sites is 1. The van der Waals surface area contributed by atoms with E-state index >= 15 is 0 Å². The van der Waals surface area contributed by atoms with Gasteiger partial charge >= 0.3 is 0 Å². The van der Waals surface area contributed by atoms with Crippen LogP contribution in [-0.2, 0) is 16.8 Å². The average molecular weight is 520 g/mol. The second-order valence-electron chi connectivity index (χ2n) is 8.96. The summed E-state index contributed by atoms with van der Waals surface area (Å²) in [5.74, 6) is 0.0514. The normalized spacial score (nSPS) is 18.7. The van der Waals surface area contributed by atoms with Crippen molar-refractivity contribution in [1.29, 1.82) is 0 Å². The summed E-state index contributed by atoms with van der Waals surface area (Å²) in [5.41, 5.74) is 3.23. The molecular weight excluding hydrogens is 494 g/mol. The van der Waals surface area contributed by atoms with E-state index in [1.54, 1.807) is 17.1 Å². The minimum absolute atomic E-state index is 0.0514. The lowest BCUT2D eigenvalue weighted by atomic mass is 9.92. The van der Waals surface area contributed by atoms with Gasteiger partial charge in [0.25, 0.3) is 0 Å². The molecule has 1 amide bonds. The number of hydrogen-bond donors (Lipinski definition) is 1. The summed E-state index contributed by atoms with van der Waals surface area (Å²) < 4.78 is 2.70. The lowest BCUT2D eigenvalue weighted by Crippen LogP contribution is -2.34. The van der Waals surface area contributed by atoms with Crippen LogP contribution in [0.5, 0.6) is 0 Å². The Kier molecular flexibility index (Phi) is 6.18. The Balaban J connectivity index is 1.28. The molecule has 1 saturated heterocycles. The Labute approximate surface area is 206 Å². The molecule has 7 nitrogen and oxygen atoms in total. The van der Waals surface area contributed by atoms with Crippen LogP contribution in [0.2, 0.25) is 0 Å². The molecule has 0 radical (unpaired) electrons.